The maximum atomic E-state index is 9.01. The molecule has 0 atom stereocenters. The van der Waals surface area contributed by atoms with Crippen LogP contribution in [0.5, 0.6) is 0 Å². The topological polar surface area (TPSA) is 62.7 Å². The molecule has 1 saturated carbocycles. The van der Waals surface area contributed by atoms with Crippen LogP contribution in [0, 0.1) is 11.3 Å². The Labute approximate surface area is 116 Å². The van der Waals surface area contributed by atoms with Gasteiger partial charge < -0.3 is 5.73 Å². The van der Waals surface area contributed by atoms with Gasteiger partial charge in [-0.05, 0) is 30.5 Å². The van der Waals surface area contributed by atoms with Crippen LogP contribution in [-0.4, -0.2) is 4.98 Å². The van der Waals surface area contributed by atoms with E-state index in [1.165, 1.54) is 0 Å². The van der Waals surface area contributed by atoms with E-state index in [0.717, 1.165) is 29.5 Å². The van der Waals surface area contributed by atoms with Crippen LogP contribution < -0.4 is 5.73 Å². The number of hydrogen-bond donors (Lipinski definition) is 1. The average Bonchev–Trinajstić information content (AvgIpc) is 3.19. The molecular weight excluding hydrogens is 258 g/mol. The first-order valence-electron chi connectivity index (χ1n) is 6.07. The fourth-order valence-electron chi connectivity index (χ4n) is 2.12. The van der Waals surface area contributed by atoms with E-state index in [2.05, 4.69) is 11.1 Å². The second-order valence-corrected chi connectivity index (χ2v) is 5.28. The lowest BCUT2D eigenvalue weighted by Gasteiger charge is -2.11. The van der Waals surface area contributed by atoms with Crippen molar-refractivity contribution in [3.8, 4) is 17.2 Å². The third kappa shape index (κ3) is 2.10. The predicted molar refractivity (Wildman–Crippen MR) is 74.5 cm³/mol. The Bertz CT molecular complexity index is 684. The van der Waals surface area contributed by atoms with Gasteiger partial charge in [-0.15, -0.1) is 0 Å². The van der Waals surface area contributed by atoms with E-state index in [0.29, 0.717) is 10.6 Å². The van der Waals surface area contributed by atoms with Crippen LogP contribution >= 0.6 is 11.6 Å². The molecule has 0 bridgehead atoms. The molecule has 94 valence electrons. The average molecular weight is 270 g/mol. The summed E-state index contributed by atoms with van der Waals surface area (Å²) in [7, 11) is 0. The highest BCUT2D eigenvalue weighted by Gasteiger charge is 2.40. The normalized spacial score (nSPS) is 15.8. The fraction of sp³-hybridized carbons (Fsp3) is 0.200. The van der Waals surface area contributed by atoms with Crippen molar-refractivity contribution in [3.05, 3.63) is 52.8 Å². The van der Waals surface area contributed by atoms with Crippen LogP contribution in [0.25, 0.3) is 11.1 Å². The van der Waals surface area contributed by atoms with Crippen LogP contribution in [0.1, 0.15) is 24.0 Å². The van der Waals surface area contributed by atoms with Gasteiger partial charge in [-0.25, -0.2) is 0 Å². The van der Waals surface area contributed by atoms with Gasteiger partial charge >= 0.3 is 0 Å². The number of hydrogen-bond acceptors (Lipinski definition) is 3. The molecule has 0 spiro atoms. The van der Waals surface area contributed by atoms with E-state index in [-0.39, 0.29) is 5.54 Å². The molecule has 3 rings (SSSR count). The largest absolute Gasteiger partial charge is 0.321 e. The fourth-order valence-corrected chi connectivity index (χ4v) is 2.40. The standard InChI is InChI=1S/C15H12ClN3/c16-14-10(7-17)2-1-3-13(14)11-6-12(9-19-8-11)15(18)4-5-15/h1-3,6,8-9H,4-5,18H2. The van der Waals surface area contributed by atoms with Gasteiger partial charge in [0.05, 0.1) is 10.6 Å². The molecule has 19 heavy (non-hydrogen) atoms. The summed E-state index contributed by atoms with van der Waals surface area (Å²) in [6.45, 7) is 0. The number of aromatic nitrogens is 1. The van der Waals surface area contributed by atoms with Gasteiger partial charge in [0, 0.05) is 29.1 Å². The summed E-state index contributed by atoms with van der Waals surface area (Å²) in [5.41, 5.74) is 9.18. The number of benzene rings is 1. The molecule has 2 aromatic rings. The Hall–Kier alpha value is -1.89. The molecule has 1 aromatic carbocycles. The van der Waals surface area contributed by atoms with Crippen molar-refractivity contribution in [1.29, 1.82) is 5.26 Å². The smallest absolute Gasteiger partial charge is 0.101 e. The minimum absolute atomic E-state index is 0.220. The second kappa shape index (κ2) is 4.34. The highest BCUT2D eigenvalue weighted by molar-refractivity contribution is 6.34. The number of rotatable bonds is 2. The van der Waals surface area contributed by atoms with Crippen molar-refractivity contribution < 1.29 is 0 Å². The van der Waals surface area contributed by atoms with Gasteiger partial charge in [0.1, 0.15) is 6.07 Å². The molecule has 3 nitrogen and oxygen atoms in total. The lowest BCUT2D eigenvalue weighted by atomic mass is 10.0. The van der Waals surface area contributed by atoms with Crippen LogP contribution in [0.3, 0.4) is 0 Å². The summed E-state index contributed by atoms with van der Waals surface area (Å²) in [6, 6.07) is 9.51. The molecule has 4 heteroatoms. The first kappa shape index (κ1) is 12.2. The minimum atomic E-state index is -0.220. The highest BCUT2D eigenvalue weighted by atomic mass is 35.5. The summed E-state index contributed by atoms with van der Waals surface area (Å²) in [5, 5.41) is 9.48. The molecule has 0 saturated heterocycles. The Morgan fingerprint density at radius 3 is 2.79 bits per heavy atom. The van der Waals surface area contributed by atoms with Crippen molar-refractivity contribution in [2.75, 3.05) is 0 Å². The van der Waals surface area contributed by atoms with Crippen LogP contribution in [-0.2, 0) is 5.54 Å². The summed E-state index contributed by atoms with van der Waals surface area (Å²) >= 11 is 6.24. The monoisotopic (exact) mass is 269 g/mol. The lowest BCUT2D eigenvalue weighted by molar-refractivity contribution is 0.735. The maximum absolute atomic E-state index is 9.01. The number of nitrogens with two attached hydrogens (primary N) is 1. The van der Waals surface area contributed by atoms with E-state index in [1.807, 2.05) is 18.2 Å². The summed E-state index contributed by atoms with van der Waals surface area (Å²) in [6.07, 6.45) is 5.53. The highest BCUT2D eigenvalue weighted by Crippen LogP contribution is 2.43. The number of nitriles is 1. The number of halogens is 1. The van der Waals surface area contributed by atoms with E-state index >= 15 is 0 Å². The van der Waals surface area contributed by atoms with Gasteiger partial charge in [0.25, 0.3) is 0 Å². The molecule has 0 amide bonds. The third-order valence-electron chi connectivity index (χ3n) is 3.53. The van der Waals surface area contributed by atoms with E-state index < -0.39 is 0 Å². The molecule has 1 heterocycles. The van der Waals surface area contributed by atoms with Gasteiger partial charge in [0.2, 0.25) is 0 Å². The molecule has 1 fully saturated rings. The summed E-state index contributed by atoms with van der Waals surface area (Å²) < 4.78 is 0. The molecule has 0 aliphatic heterocycles. The predicted octanol–water partition coefficient (Wildman–Crippen LogP) is 3.22. The number of nitrogens with zero attached hydrogens (tertiary/aromatic N) is 2. The molecular formula is C15H12ClN3. The first-order valence-corrected chi connectivity index (χ1v) is 6.45. The van der Waals surface area contributed by atoms with E-state index in [1.54, 1.807) is 18.5 Å². The molecule has 0 unspecified atom stereocenters. The third-order valence-corrected chi connectivity index (χ3v) is 3.94. The van der Waals surface area contributed by atoms with Crippen molar-refractivity contribution in [2.45, 2.75) is 18.4 Å². The van der Waals surface area contributed by atoms with Crippen molar-refractivity contribution in [1.82, 2.24) is 4.98 Å². The first-order chi connectivity index (χ1) is 9.14. The summed E-state index contributed by atoms with van der Waals surface area (Å²) in [5.74, 6) is 0. The Morgan fingerprint density at radius 1 is 1.32 bits per heavy atom. The number of pyridine rings is 1. The molecule has 1 aliphatic rings. The van der Waals surface area contributed by atoms with Crippen LogP contribution in [0.4, 0.5) is 0 Å². The zero-order valence-electron chi connectivity index (χ0n) is 10.2. The van der Waals surface area contributed by atoms with Gasteiger partial charge in [-0.1, -0.05) is 23.7 Å². The van der Waals surface area contributed by atoms with Crippen molar-refractivity contribution in [2.24, 2.45) is 5.73 Å². The van der Waals surface area contributed by atoms with Crippen molar-refractivity contribution >= 4 is 11.6 Å². The van der Waals surface area contributed by atoms with E-state index in [4.69, 9.17) is 22.6 Å². The van der Waals surface area contributed by atoms with Gasteiger partial charge in [0.15, 0.2) is 0 Å². The molecule has 1 aliphatic carbocycles. The van der Waals surface area contributed by atoms with Crippen LogP contribution in [0.2, 0.25) is 5.02 Å². The Kier molecular flexibility index (Phi) is 2.78. The van der Waals surface area contributed by atoms with Gasteiger partial charge in [-0.3, -0.25) is 4.98 Å². The zero-order chi connectivity index (χ0) is 13.5. The molecule has 1 aromatic heterocycles. The molecule has 2 N–H and O–H groups in total. The minimum Gasteiger partial charge on any atom is -0.321 e. The maximum Gasteiger partial charge on any atom is 0.101 e. The Morgan fingerprint density at radius 2 is 2.11 bits per heavy atom. The zero-order valence-corrected chi connectivity index (χ0v) is 11.0. The molecule has 0 radical (unpaired) electrons. The quantitative estimate of drug-likeness (QED) is 0.910. The second-order valence-electron chi connectivity index (χ2n) is 4.90. The van der Waals surface area contributed by atoms with Crippen molar-refractivity contribution in [3.63, 3.8) is 0 Å². The Balaban J connectivity index is 2.10. The van der Waals surface area contributed by atoms with Crippen LogP contribution in [0.15, 0.2) is 36.7 Å². The SMILES string of the molecule is N#Cc1cccc(-c2cncc(C3(N)CC3)c2)c1Cl. The lowest BCUT2D eigenvalue weighted by Crippen LogP contribution is -2.18. The van der Waals surface area contributed by atoms with Gasteiger partial charge in [-0.2, -0.15) is 5.26 Å². The summed E-state index contributed by atoms with van der Waals surface area (Å²) in [4.78, 5) is 4.24. The van der Waals surface area contributed by atoms with E-state index in [9.17, 15) is 0 Å².